The van der Waals surface area contributed by atoms with Gasteiger partial charge in [0.25, 0.3) is 0 Å². The molecule has 0 aliphatic heterocycles. The Balaban J connectivity index is 2.12. The van der Waals surface area contributed by atoms with Gasteiger partial charge in [-0.15, -0.1) is 0 Å². The number of rotatable bonds is 4. The van der Waals surface area contributed by atoms with E-state index in [1.165, 1.54) is 43.5 Å². The monoisotopic (exact) mass is 433 g/mol. The zero-order chi connectivity index (χ0) is 19.6. The highest BCUT2D eigenvalue weighted by atomic mass is 79.9. The molecule has 3 aromatic carbocycles. The fourth-order valence-electron chi connectivity index (χ4n) is 2.54. The summed E-state index contributed by atoms with van der Waals surface area (Å²) in [6, 6.07) is 12.2. The minimum Gasteiger partial charge on any atom is -0.497 e. The van der Waals surface area contributed by atoms with Crippen molar-refractivity contribution in [2.75, 3.05) is 7.11 Å². The molecule has 136 valence electrons. The van der Waals surface area contributed by atoms with Crippen LogP contribution in [0.4, 0.5) is 13.2 Å². The Bertz CT molecular complexity index is 1040. The highest BCUT2D eigenvalue weighted by Crippen LogP contribution is 2.38. The zero-order valence-corrected chi connectivity index (χ0v) is 15.5. The summed E-state index contributed by atoms with van der Waals surface area (Å²) >= 11 is 3.17. The van der Waals surface area contributed by atoms with Gasteiger partial charge >= 0.3 is 0 Å². The Labute approximate surface area is 161 Å². The number of hydrogen-bond acceptors (Lipinski definition) is 3. The second-order valence-corrected chi connectivity index (χ2v) is 6.29. The highest BCUT2D eigenvalue weighted by molar-refractivity contribution is 9.10. The summed E-state index contributed by atoms with van der Waals surface area (Å²) in [7, 11) is 1.30. The molecule has 0 saturated carbocycles. The standard InChI is InChI=1S/C20H11BrF3NO2/c1-26-12-8-16(23)20(17(24)9-12)13-3-2-4-18(14(13)10-25)27-19-6-5-11(22)7-15(19)21/h2-9H,1H3. The lowest BCUT2D eigenvalue weighted by Gasteiger charge is -2.14. The van der Waals surface area contributed by atoms with Gasteiger partial charge in [-0.25, -0.2) is 13.2 Å². The van der Waals surface area contributed by atoms with Gasteiger partial charge in [-0.2, -0.15) is 5.26 Å². The average Bonchev–Trinajstić information content (AvgIpc) is 2.63. The van der Waals surface area contributed by atoms with Gasteiger partial charge in [0.05, 0.1) is 17.1 Å². The summed E-state index contributed by atoms with van der Waals surface area (Å²) in [5.74, 6) is -1.86. The quantitative estimate of drug-likeness (QED) is 0.491. The van der Waals surface area contributed by atoms with Gasteiger partial charge in [0.1, 0.15) is 46.3 Å². The Morgan fingerprint density at radius 3 is 2.26 bits per heavy atom. The molecular formula is C20H11BrF3NO2. The molecule has 0 aliphatic rings. The van der Waals surface area contributed by atoms with Gasteiger partial charge in [0.15, 0.2) is 0 Å². The smallest absolute Gasteiger partial charge is 0.145 e. The highest BCUT2D eigenvalue weighted by Gasteiger charge is 2.20. The Hall–Kier alpha value is -2.98. The molecule has 0 aromatic heterocycles. The maximum Gasteiger partial charge on any atom is 0.145 e. The lowest BCUT2D eigenvalue weighted by Crippen LogP contribution is -1.97. The maximum atomic E-state index is 14.4. The molecule has 0 heterocycles. The minimum atomic E-state index is -0.872. The van der Waals surface area contributed by atoms with E-state index in [-0.39, 0.29) is 33.9 Å². The maximum absolute atomic E-state index is 14.4. The Kier molecular flexibility index (Phi) is 5.38. The van der Waals surface area contributed by atoms with Crippen molar-refractivity contribution in [2.24, 2.45) is 0 Å². The van der Waals surface area contributed by atoms with Crippen LogP contribution in [0, 0.1) is 28.8 Å². The van der Waals surface area contributed by atoms with E-state index in [9.17, 15) is 18.4 Å². The van der Waals surface area contributed by atoms with Crippen molar-refractivity contribution >= 4 is 15.9 Å². The molecule has 3 nitrogen and oxygen atoms in total. The van der Waals surface area contributed by atoms with Crippen molar-refractivity contribution in [3.05, 3.63) is 76.0 Å². The molecule has 27 heavy (non-hydrogen) atoms. The molecule has 7 heteroatoms. The first-order valence-corrected chi connectivity index (χ1v) is 8.43. The number of ether oxygens (including phenoxy) is 2. The SMILES string of the molecule is COc1cc(F)c(-c2cccc(Oc3ccc(F)cc3Br)c2C#N)c(F)c1. The number of hydrogen-bond donors (Lipinski definition) is 0. The van der Waals surface area contributed by atoms with Crippen molar-refractivity contribution in [2.45, 2.75) is 0 Å². The number of benzene rings is 3. The first-order chi connectivity index (χ1) is 12.9. The first kappa shape index (κ1) is 18.8. The van der Waals surface area contributed by atoms with Gasteiger partial charge in [0, 0.05) is 17.7 Å². The van der Waals surface area contributed by atoms with Crippen LogP contribution >= 0.6 is 15.9 Å². The van der Waals surface area contributed by atoms with E-state index < -0.39 is 17.5 Å². The van der Waals surface area contributed by atoms with Gasteiger partial charge < -0.3 is 9.47 Å². The fraction of sp³-hybridized carbons (Fsp3) is 0.0500. The van der Waals surface area contributed by atoms with E-state index in [1.54, 1.807) is 0 Å². The predicted molar refractivity (Wildman–Crippen MR) is 97.2 cm³/mol. The van der Waals surface area contributed by atoms with Crippen LogP contribution in [0.3, 0.4) is 0 Å². The van der Waals surface area contributed by atoms with E-state index in [0.29, 0.717) is 4.47 Å². The zero-order valence-electron chi connectivity index (χ0n) is 13.9. The molecule has 0 amide bonds. The predicted octanol–water partition coefficient (Wildman–Crippen LogP) is 6.21. The van der Waals surface area contributed by atoms with Crippen LogP contribution in [-0.2, 0) is 0 Å². The molecule has 3 aromatic rings. The molecule has 0 N–H and O–H groups in total. The van der Waals surface area contributed by atoms with Crippen molar-refractivity contribution in [3.8, 4) is 34.4 Å². The third-order valence-corrected chi connectivity index (χ3v) is 4.39. The third-order valence-electron chi connectivity index (χ3n) is 3.77. The van der Waals surface area contributed by atoms with E-state index >= 15 is 0 Å². The minimum absolute atomic E-state index is 0.0231. The lowest BCUT2D eigenvalue weighted by atomic mass is 9.98. The number of methoxy groups -OCH3 is 1. The summed E-state index contributed by atoms with van der Waals surface area (Å²) in [6.45, 7) is 0. The van der Waals surface area contributed by atoms with Crippen LogP contribution < -0.4 is 9.47 Å². The molecule has 0 fully saturated rings. The molecule has 0 spiro atoms. The molecule has 0 atom stereocenters. The molecule has 0 aliphatic carbocycles. The average molecular weight is 434 g/mol. The fourth-order valence-corrected chi connectivity index (χ4v) is 2.97. The van der Waals surface area contributed by atoms with E-state index in [2.05, 4.69) is 15.9 Å². The van der Waals surface area contributed by atoms with Crippen LogP contribution in [0.5, 0.6) is 17.2 Å². The molecule has 0 unspecified atom stereocenters. The Morgan fingerprint density at radius 1 is 0.963 bits per heavy atom. The van der Waals surface area contributed by atoms with Crippen molar-refractivity contribution in [1.82, 2.24) is 0 Å². The van der Waals surface area contributed by atoms with Gasteiger partial charge in [-0.05, 0) is 40.2 Å². The largest absolute Gasteiger partial charge is 0.497 e. The summed E-state index contributed by atoms with van der Waals surface area (Å²) in [4.78, 5) is 0. The van der Waals surface area contributed by atoms with Crippen LogP contribution in [-0.4, -0.2) is 7.11 Å². The van der Waals surface area contributed by atoms with Gasteiger partial charge in [0.2, 0.25) is 0 Å². The van der Waals surface area contributed by atoms with Crippen molar-refractivity contribution < 1.29 is 22.6 Å². The lowest BCUT2D eigenvalue weighted by molar-refractivity contribution is 0.407. The van der Waals surface area contributed by atoms with E-state index in [0.717, 1.165) is 12.1 Å². The van der Waals surface area contributed by atoms with Crippen molar-refractivity contribution in [3.63, 3.8) is 0 Å². The number of nitrogens with zero attached hydrogens (tertiary/aromatic N) is 1. The molecule has 0 bridgehead atoms. The van der Waals surface area contributed by atoms with Crippen LogP contribution in [0.1, 0.15) is 5.56 Å². The summed E-state index contributed by atoms with van der Waals surface area (Å²) in [5.41, 5.74) is -0.390. The summed E-state index contributed by atoms with van der Waals surface area (Å²) in [5, 5.41) is 9.56. The second kappa shape index (κ2) is 7.72. The third kappa shape index (κ3) is 3.76. The van der Waals surface area contributed by atoms with Crippen LogP contribution in [0.2, 0.25) is 0 Å². The summed E-state index contributed by atoms with van der Waals surface area (Å²) < 4.78 is 53.0. The Morgan fingerprint density at radius 2 is 1.67 bits per heavy atom. The van der Waals surface area contributed by atoms with Crippen molar-refractivity contribution in [1.29, 1.82) is 5.26 Å². The topological polar surface area (TPSA) is 42.2 Å². The molecule has 3 rings (SSSR count). The normalized spacial score (nSPS) is 10.4. The number of nitriles is 1. The molecule has 0 radical (unpaired) electrons. The molecular weight excluding hydrogens is 423 g/mol. The molecule has 0 saturated heterocycles. The second-order valence-electron chi connectivity index (χ2n) is 5.43. The first-order valence-electron chi connectivity index (χ1n) is 7.64. The van der Waals surface area contributed by atoms with Crippen LogP contribution in [0.25, 0.3) is 11.1 Å². The van der Waals surface area contributed by atoms with E-state index in [1.807, 2.05) is 6.07 Å². The van der Waals surface area contributed by atoms with Gasteiger partial charge in [-0.1, -0.05) is 12.1 Å². The van der Waals surface area contributed by atoms with E-state index in [4.69, 9.17) is 9.47 Å². The van der Waals surface area contributed by atoms with Crippen LogP contribution in [0.15, 0.2) is 53.0 Å². The summed E-state index contributed by atoms with van der Waals surface area (Å²) in [6.07, 6.45) is 0. The number of halogens is 4. The van der Waals surface area contributed by atoms with Gasteiger partial charge in [-0.3, -0.25) is 0 Å².